The van der Waals surface area contributed by atoms with E-state index < -0.39 is 0 Å². The third-order valence-electron chi connectivity index (χ3n) is 6.14. The molecule has 2 saturated carbocycles. The molecular formula is C21H26N4O3. The Kier molecular flexibility index (Phi) is 4.45. The predicted octanol–water partition coefficient (Wildman–Crippen LogP) is 3.10. The fourth-order valence-electron chi connectivity index (χ4n) is 4.50. The fourth-order valence-corrected chi connectivity index (χ4v) is 4.50. The number of pyridine rings is 1. The number of fused-ring (bicyclic) bond motifs is 1. The van der Waals surface area contributed by atoms with E-state index in [9.17, 15) is 9.59 Å². The summed E-state index contributed by atoms with van der Waals surface area (Å²) >= 11 is 0. The van der Waals surface area contributed by atoms with Gasteiger partial charge < -0.3 is 19.4 Å². The molecule has 3 fully saturated rings. The summed E-state index contributed by atoms with van der Waals surface area (Å²) < 4.78 is 7.46. The summed E-state index contributed by atoms with van der Waals surface area (Å²) in [6.07, 6.45) is 9.54. The highest BCUT2D eigenvalue weighted by Crippen LogP contribution is 2.33. The summed E-state index contributed by atoms with van der Waals surface area (Å²) in [5.74, 6) is 1.20. The Hall–Kier alpha value is -2.57. The molecule has 3 heterocycles. The lowest BCUT2D eigenvalue weighted by molar-refractivity contribution is 0.0911. The molecule has 1 unspecified atom stereocenters. The number of amides is 2. The van der Waals surface area contributed by atoms with E-state index in [2.05, 4.69) is 9.72 Å². The SMILES string of the molecule is O=C(NCC1CN(C2CC2)C(=O)O1)c1nc(C2CCCCC2)n2ccccc12. The number of hydrogen-bond donors (Lipinski definition) is 1. The quantitative estimate of drug-likeness (QED) is 0.862. The lowest BCUT2D eigenvalue weighted by atomic mass is 9.89. The van der Waals surface area contributed by atoms with Crippen LogP contribution in [0, 0.1) is 0 Å². The van der Waals surface area contributed by atoms with Crippen LogP contribution in [0.25, 0.3) is 5.52 Å². The van der Waals surface area contributed by atoms with Crippen LogP contribution in [0.2, 0.25) is 0 Å². The molecular weight excluding hydrogens is 356 g/mol. The average Bonchev–Trinajstić information content (AvgIpc) is 3.39. The molecule has 28 heavy (non-hydrogen) atoms. The maximum Gasteiger partial charge on any atom is 0.410 e. The van der Waals surface area contributed by atoms with Crippen LogP contribution in [-0.2, 0) is 4.74 Å². The maximum absolute atomic E-state index is 12.9. The standard InChI is InChI=1S/C21H26N4O3/c26-20(22-12-16-13-25(15-9-10-15)21(27)28-16)18-17-8-4-5-11-24(17)19(23-18)14-6-2-1-3-7-14/h4-5,8,11,14-16H,1-3,6-7,9-10,12-13H2,(H,22,26). The van der Waals surface area contributed by atoms with Crippen LogP contribution in [0.5, 0.6) is 0 Å². The normalized spacial score (nSPS) is 23.2. The second-order valence-electron chi connectivity index (χ2n) is 8.21. The van der Waals surface area contributed by atoms with Gasteiger partial charge in [0.25, 0.3) is 5.91 Å². The minimum absolute atomic E-state index is 0.202. The Morgan fingerprint density at radius 1 is 1.18 bits per heavy atom. The van der Waals surface area contributed by atoms with Crippen LogP contribution in [0.1, 0.15) is 67.2 Å². The highest BCUT2D eigenvalue weighted by atomic mass is 16.6. The zero-order valence-electron chi connectivity index (χ0n) is 16.0. The lowest BCUT2D eigenvalue weighted by Gasteiger charge is -2.20. The van der Waals surface area contributed by atoms with Gasteiger partial charge in [0, 0.05) is 18.2 Å². The monoisotopic (exact) mass is 382 g/mol. The zero-order valence-corrected chi connectivity index (χ0v) is 16.0. The molecule has 2 amide bonds. The molecule has 148 valence electrons. The van der Waals surface area contributed by atoms with Crippen molar-refractivity contribution in [3.8, 4) is 0 Å². The highest BCUT2D eigenvalue weighted by Gasteiger charge is 2.41. The molecule has 7 nitrogen and oxygen atoms in total. The lowest BCUT2D eigenvalue weighted by Crippen LogP contribution is -2.35. The van der Waals surface area contributed by atoms with Gasteiger partial charge in [0.05, 0.1) is 18.6 Å². The first-order chi connectivity index (χ1) is 13.7. The molecule has 1 atom stereocenters. The number of cyclic esters (lactones) is 1. The maximum atomic E-state index is 12.9. The van der Waals surface area contributed by atoms with Crippen LogP contribution < -0.4 is 5.32 Å². The summed E-state index contributed by atoms with van der Waals surface area (Å²) in [6, 6.07) is 6.19. The van der Waals surface area contributed by atoms with Crippen LogP contribution in [-0.4, -0.2) is 51.5 Å². The molecule has 0 aromatic carbocycles. The average molecular weight is 382 g/mol. The number of ether oxygens (including phenoxy) is 1. The van der Waals surface area contributed by atoms with E-state index in [0.717, 1.165) is 37.0 Å². The van der Waals surface area contributed by atoms with Crippen LogP contribution in [0.15, 0.2) is 24.4 Å². The third-order valence-corrected chi connectivity index (χ3v) is 6.14. The first-order valence-corrected chi connectivity index (χ1v) is 10.4. The number of imidazole rings is 1. The Labute approximate surface area is 164 Å². The molecule has 1 N–H and O–H groups in total. The van der Waals surface area contributed by atoms with Gasteiger partial charge >= 0.3 is 6.09 Å². The number of hydrogen-bond acceptors (Lipinski definition) is 4. The summed E-state index contributed by atoms with van der Waals surface area (Å²) in [6.45, 7) is 0.874. The molecule has 1 saturated heterocycles. The summed E-state index contributed by atoms with van der Waals surface area (Å²) in [7, 11) is 0. The van der Waals surface area contributed by atoms with Crippen molar-refractivity contribution in [3.63, 3.8) is 0 Å². The third kappa shape index (κ3) is 3.23. The van der Waals surface area contributed by atoms with Gasteiger partial charge in [-0.05, 0) is 37.8 Å². The topological polar surface area (TPSA) is 75.9 Å². The van der Waals surface area contributed by atoms with Gasteiger partial charge in [-0.1, -0.05) is 25.3 Å². The van der Waals surface area contributed by atoms with Crippen molar-refractivity contribution in [1.29, 1.82) is 0 Å². The molecule has 2 aromatic rings. The van der Waals surface area contributed by atoms with Gasteiger partial charge in [0.1, 0.15) is 11.9 Å². The molecule has 5 rings (SSSR count). The molecule has 2 aromatic heterocycles. The van der Waals surface area contributed by atoms with Crippen molar-refractivity contribution in [1.82, 2.24) is 19.6 Å². The van der Waals surface area contributed by atoms with E-state index in [1.54, 1.807) is 4.90 Å². The van der Waals surface area contributed by atoms with Crippen molar-refractivity contribution in [2.75, 3.05) is 13.1 Å². The zero-order chi connectivity index (χ0) is 19.1. The van der Waals surface area contributed by atoms with Gasteiger partial charge in [0.15, 0.2) is 5.69 Å². The Morgan fingerprint density at radius 3 is 2.79 bits per heavy atom. The van der Waals surface area contributed by atoms with Crippen molar-refractivity contribution in [3.05, 3.63) is 35.9 Å². The molecule has 3 aliphatic rings. The van der Waals surface area contributed by atoms with Gasteiger partial charge in [-0.3, -0.25) is 4.79 Å². The Balaban J connectivity index is 1.31. The van der Waals surface area contributed by atoms with Crippen molar-refractivity contribution in [2.24, 2.45) is 0 Å². The number of nitrogens with zero attached hydrogens (tertiary/aromatic N) is 3. The van der Waals surface area contributed by atoms with Crippen LogP contribution in [0.4, 0.5) is 4.79 Å². The van der Waals surface area contributed by atoms with Gasteiger partial charge in [-0.2, -0.15) is 0 Å². The van der Waals surface area contributed by atoms with Crippen LogP contribution >= 0.6 is 0 Å². The Morgan fingerprint density at radius 2 is 2.00 bits per heavy atom. The predicted molar refractivity (Wildman–Crippen MR) is 103 cm³/mol. The number of rotatable bonds is 5. The molecule has 7 heteroatoms. The molecule has 0 spiro atoms. The number of carbonyl (C=O) groups excluding carboxylic acids is 2. The van der Waals surface area contributed by atoms with E-state index in [-0.39, 0.29) is 18.1 Å². The fraction of sp³-hybridized carbons (Fsp3) is 0.571. The second-order valence-corrected chi connectivity index (χ2v) is 8.21. The van der Waals surface area contributed by atoms with Crippen molar-refractivity contribution >= 4 is 17.5 Å². The second kappa shape index (κ2) is 7.11. The van der Waals surface area contributed by atoms with Gasteiger partial charge in [-0.25, -0.2) is 9.78 Å². The van der Waals surface area contributed by atoms with E-state index in [1.165, 1.54) is 19.3 Å². The van der Waals surface area contributed by atoms with E-state index >= 15 is 0 Å². The largest absolute Gasteiger partial charge is 0.442 e. The molecule has 1 aliphatic heterocycles. The van der Waals surface area contributed by atoms with E-state index in [0.29, 0.717) is 30.7 Å². The first kappa shape index (κ1) is 17.5. The summed E-state index contributed by atoms with van der Waals surface area (Å²) in [5, 5.41) is 2.93. The molecule has 0 radical (unpaired) electrons. The number of carbonyl (C=O) groups is 2. The number of nitrogens with one attached hydrogen (secondary N) is 1. The van der Waals surface area contributed by atoms with E-state index in [4.69, 9.17) is 9.72 Å². The molecule has 0 bridgehead atoms. The first-order valence-electron chi connectivity index (χ1n) is 10.4. The van der Waals surface area contributed by atoms with Crippen LogP contribution in [0.3, 0.4) is 0 Å². The minimum atomic E-state index is -0.288. The summed E-state index contributed by atoms with van der Waals surface area (Å²) in [4.78, 5) is 31.3. The molecule has 2 aliphatic carbocycles. The minimum Gasteiger partial charge on any atom is -0.442 e. The number of aromatic nitrogens is 2. The van der Waals surface area contributed by atoms with Crippen molar-refractivity contribution < 1.29 is 14.3 Å². The van der Waals surface area contributed by atoms with Gasteiger partial charge in [-0.15, -0.1) is 0 Å². The van der Waals surface area contributed by atoms with Gasteiger partial charge in [0.2, 0.25) is 0 Å². The summed E-state index contributed by atoms with van der Waals surface area (Å²) in [5.41, 5.74) is 1.30. The van der Waals surface area contributed by atoms with E-state index in [1.807, 2.05) is 24.4 Å². The van der Waals surface area contributed by atoms with Crippen molar-refractivity contribution in [2.45, 2.75) is 63.0 Å². The highest BCUT2D eigenvalue weighted by molar-refractivity contribution is 5.99. The smallest absolute Gasteiger partial charge is 0.410 e. The Bertz CT molecular complexity index is 898.